The van der Waals surface area contributed by atoms with Crippen LogP contribution in [0.5, 0.6) is 0 Å². The summed E-state index contributed by atoms with van der Waals surface area (Å²) in [7, 11) is 0. The van der Waals surface area contributed by atoms with E-state index in [1.807, 2.05) is 35.8 Å². The number of para-hydroxylation sites is 1. The first-order chi connectivity index (χ1) is 16.5. The highest BCUT2D eigenvalue weighted by Crippen LogP contribution is 2.22. The molecule has 2 aromatic heterocycles. The van der Waals surface area contributed by atoms with Gasteiger partial charge in [0.05, 0.1) is 23.5 Å². The van der Waals surface area contributed by atoms with Gasteiger partial charge in [-0.15, -0.1) is 0 Å². The number of hydrogen-bond donors (Lipinski definition) is 2. The van der Waals surface area contributed by atoms with Crippen molar-refractivity contribution in [3.63, 3.8) is 0 Å². The van der Waals surface area contributed by atoms with E-state index in [-0.39, 0.29) is 17.6 Å². The van der Waals surface area contributed by atoms with E-state index in [2.05, 4.69) is 21.7 Å². The standard InChI is InChI=1S/C25H21N5O3S/c1-17-6-11-21(33-17)15-28-24(32)18-7-9-20(10-8-18)30-13-12-27-25(30)34-16-23(31)29-22-5-3-2-4-19(22)14-26/h2-13H,15-16H2,1H3,(H,28,32)(H,29,31). The summed E-state index contributed by atoms with van der Waals surface area (Å²) < 4.78 is 7.31. The molecule has 4 aromatic rings. The van der Waals surface area contributed by atoms with Crippen LogP contribution in [0, 0.1) is 18.3 Å². The number of anilines is 1. The summed E-state index contributed by atoms with van der Waals surface area (Å²) in [4.78, 5) is 29.1. The third-order valence-electron chi connectivity index (χ3n) is 4.89. The summed E-state index contributed by atoms with van der Waals surface area (Å²) in [6, 6.07) is 19.7. The third-order valence-corrected chi connectivity index (χ3v) is 5.85. The van der Waals surface area contributed by atoms with Crippen LogP contribution in [0.1, 0.15) is 27.4 Å². The van der Waals surface area contributed by atoms with E-state index in [1.165, 1.54) is 11.8 Å². The van der Waals surface area contributed by atoms with Crippen LogP contribution in [-0.2, 0) is 11.3 Å². The Labute approximate surface area is 200 Å². The number of furan rings is 1. The Kier molecular flexibility index (Phi) is 7.10. The molecule has 0 aliphatic rings. The molecule has 0 bridgehead atoms. The second-order valence-electron chi connectivity index (χ2n) is 7.32. The second-order valence-corrected chi connectivity index (χ2v) is 8.26. The average molecular weight is 472 g/mol. The summed E-state index contributed by atoms with van der Waals surface area (Å²) in [5, 5.41) is 15.4. The van der Waals surface area contributed by atoms with Gasteiger partial charge in [-0.1, -0.05) is 23.9 Å². The lowest BCUT2D eigenvalue weighted by Crippen LogP contribution is -2.22. The second kappa shape index (κ2) is 10.6. The van der Waals surface area contributed by atoms with E-state index in [0.29, 0.717) is 34.3 Å². The van der Waals surface area contributed by atoms with Crippen molar-refractivity contribution in [2.45, 2.75) is 18.6 Å². The number of aromatic nitrogens is 2. The fourth-order valence-electron chi connectivity index (χ4n) is 3.22. The van der Waals surface area contributed by atoms with Crippen molar-refractivity contribution >= 4 is 29.3 Å². The molecule has 34 heavy (non-hydrogen) atoms. The number of rotatable bonds is 8. The predicted molar refractivity (Wildman–Crippen MR) is 129 cm³/mol. The lowest BCUT2D eigenvalue weighted by molar-refractivity contribution is -0.113. The maximum atomic E-state index is 12.4. The topological polar surface area (TPSA) is 113 Å². The molecule has 4 rings (SSSR count). The van der Waals surface area contributed by atoms with Gasteiger partial charge < -0.3 is 15.1 Å². The van der Waals surface area contributed by atoms with E-state index < -0.39 is 0 Å². The molecule has 2 heterocycles. The molecule has 170 valence electrons. The Morgan fingerprint density at radius 1 is 1.12 bits per heavy atom. The van der Waals surface area contributed by atoms with Crippen LogP contribution in [0.2, 0.25) is 0 Å². The van der Waals surface area contributed by atoms with Crippen molar-refractivity contribution in [2.24, 2.45) is 0 Å². The highest BCUT2D eigenvalue weighted by molar-refractivity contribution is 7.99. The van der Waals surface area contributed by atoms with E-state index in [1.54, 1.807) is 48.8 Å². The first-order valence-electron chi connectivity index (χ1n) is 10.4. The van der Waals surface area contributed by atoms with Crippen molar-refractivity contribution in [3.8, 4) is 11.8 Å². The number of nitriles is 1. The van der Waals surface area contributed by atoms with Crippen LogP contribution in [0.3, 0.4) is 0 Å². The first kappa shape index (κ1) is 22.9. The molecule has 8 nitrogen and oxygen atoms in total. The molecule has 0 atom stereocenters. The van der Waals surface area contributed by atoms with Crippen LogP contribution < -0.4 is 10.6 Å². The van der Waals surface area contributed by atoms with Gasteiger partial charge in [-0.2, -0.15) is 5.26 Å². The van der Waals surface area contributed by atoms with Crippen LogP contribution in [0.4, 0.5) is 5.69 Å². The van der Waals surface area contributed by atoms with Gasteiger partial charge >= 0.3 is 0 Å². The van der Waals surface area contributed by atoms with Crippen LogP contribution >= 0.6 is 11.8 Å². The summed E-state index contributed by atoms with van der Waals surface area (Å²) in [5.41, 5.74) is 2.23. The molecule has 0 aliphatic carbocycles. The van der Waals surface area contributed by atoms with Crippen molar-refractivity contribution in [1.29, 1.82) is 5.26 Å². The molecule has 0 spiro atoms. The number of carbonyl (C=O) groups excluding carboxylic acids is 2. The van der Waals surface area contributed by atoms with Crippen molar-refractivity contribution in [2.75, 3.05) is 11.1 Å². The lowest BCUT2D eigenvalue weighted by Gasteiger charge is -2.10. The molecule has 0 aliphatic heterocycles. The SMILES string of the molecule is Cc1ccc(CNC(=O)c2ccc(-n3ccnc3SCC(=O)Nc3ccccc3C#N)cc2)o1. The third kappa shape index (κ3) is 5.54. The highest BCUT2D eigenvalue weighted by Gasteiger charge is 2.12. The van der Waals surface area contributed by atoms with Crippen molar-refractivity contribution in [3.05, 3.63) is 95.7 Å². The Hall–Kier alpha value is -4.29. The van der Waals surface area contributed by atoms with E-state index in [9.17, 15) is 9.59 Å². The minimum absolute atomic E-state index is 0.128. The molecule has 0 fully saturated rings. The summed E-state index contributed by atoms with van der Waals surface area (Å²) in [5.74, 6) is 1.19. The number of hydrogen-bond acceptors (Lipinski definition) is 6. The Morgan fingerprint density at radius 2 is 1.91 bits per heavy atom. The average Bonchev–Trinajstić information content (AvgIpc) is 3.50. The maximum Gasteiger partial charge on any atom is 0.251 e. The summed E-state index contributed by atoms with van der Waals surface area (Å²) in [6.07, 6.45) is 3.44. The molecule has 9 heteroatoms. The molecule has 0 saturated carbocycles. The molecule has 2 N–H and O–H groups in total. The molecular weight excluding hydrogens is 450 g/mol. The fourth-order valence-corrected chi connectivity index (χ4v) is 4.00. The Morgan fingerprint density at radius 3 is 2.65 bits per heavy atom. The normalized spacial score (nSPS) is 10.5. The zero-order valence-electron chi connectivity index (χ0n) is 18.3. The fraction of sp³-hybridized carbons (Fsp3) is 0.120. The van der Waals surface area contributed by atoms with Gasteiger partial charge in [0.15, 0.2) is 5.16 Å². The number of aryl methyl sites for hydroxylation is 1. The maximum absolute atomic E-state index is 12.4. The predicted octanol–water partition coefficient (Wildman–Crippen LogP) is 4.31. The number of benzene rings is 2. The van der Waals surface area contributed by atoms with Crippen molar-refractivity contribution in [1.82, 2.24) is 14.9 Å². The zero-order chi connectivity index (χ0) is 23.9. The number of thioether (sulfide) groups is 1. The van der Waals surface area contributed by atoms with Gasteiger partial charge in [0.1, 0.15) is 17.6 Å². The molecule has 0 radical (unpaired) electrons. The molecule has 0 saturated heterocycles. The molecule has 0 unspecified atom stereocenters. The van der Waals surface area contributed by atoms with Crippen LogP contribution in [-0.4, -0.2) is 27.1 Å². The van der Waals surface area contributed by atoms with E-state index in [4.69, 9.17) is 9.68 Å². The minimum Gasteiger partial charge on any atom is -0.465 e. The number of imidazole rings is 1. The Balaban J connectivity index is 1.35. The zero-order valence-corrected chi connectivity index (χ0v) is 19.1. The number of nitrogens with zero attached hydrogens (tertiary/aromatic N) is 3. The van der Waals surface area contributed by atoms with Crippen LogP contribution in [0.15, 0.2) is 82.6 Å². The number of nitrogens with one attached hydrogen (secondary N) is 2. The molecular formula is C25H21N5O3S. The summed E-state index contributed by atoms with van der Waals surface area (Å²) in [6.45, 7) is 2.17. The molecule has 2 aromatic carbocycles. The first-order valence-corrected chi connectivity index (χ1v) is 11.4. The lowest BCUT2D eigenvalue weighted by atomic mass is 10.2. The quantitative estimate of drug-likeness (QED) is 0.370. The Bertz CT molecular complexity index is 1350. The van der Waals surface area contributed by atoms with Crippen molar-refractivity contribution < 1.29 is 14.0 Å². The van der Waals surface area contributed by atoms with E-state index >= 15 is 0 Å². The molecule has 2 amide bonds. The van der Waals surface area contributed by atoms with Gasteiger partial charge in [-0.05, 0) is 55.5 Å². The highest BCUT2D eigenvalue weighted by atomic mass is 32.2. The minimum atomic E-state index is -0.235. The number of amides is 2. The largest absolute Gasteiger partial charge is 0.465 e. The van der Waals surface area contributed by atoms with Gasteiger partial charge in [0.25, 0.3) is 5.91 Å². The monoisotopic (exact) mass is 471 g/mol. The number of carbonyl (C=O) groups is 2. The summed E-state index contributed by atoms with van der Waals surface area (Å²) >= 11 is 1.27. The van der Waals surface area contributed by atoms with Gasteiger partial charge in [-0.25, -0.2) is 4.98 Å². The van der Waals surface area contributed by atoms with Gasteiger partial charge in [-0.3, -0.25) is 14.2 Å². The van der Waals surface area contributed by atoms with Crippen LogP contribution in [0.25, 0.3) is 5.69 Å². The smallest absolute Gasteiger partial charge is 0.251 e. The van der Waals surface area contributed by atoms with E-state index in [0.717, 1.165) is 11.4 Å². The van der Waals surface area contributed by atoms with Gasteiger partial charge in [0, 0.05) is 23.6 Å². The van der Waals surface area contributed by atoms with Gasteiger partial charge in [0.2, 0.25) is 5.91 Å².